The van der Waals surface area contributed by atoms with Crippen molar-refractivity contribution in [3.05, 3.63) is 116 Å². The quantitative estimate of drug-likeness (QED) is 0.0212. The Kier molecular flexibility index (Phi) is 37.6. The van der Waals surface area contributed by atoms with Crippen molar-refractivity contribution in [1.29, 1.82) is 0 Å². The number of carbonyl (C=O) groups is 14. The number of rotatable bonds is 31. The molecular weight excluding hydrogens is 1710 g/mol. The Labute approximate surface area is 692 Å². The Morgan fingerprint density at radius 2 is 1.26 bits per heavy atom. The molecule has 35 heteroatoms. The van der Waals surface area contributed by atoms with Crippen LogP contribution in [0.5, 0.6) is 5.75 Å². The Balaban J connectivity index is 0.0000103. The van der Waals surface area contributed by atoms with Crippen LogP contribution in [0.25, 0.3) is 21.8 Å². The maximum Gasteiger partial charge on any atom is 0.303 e. The molecule has 0 radical (unpaired) electrons. The molecule has 1 unspecified atom stereocenters. The van der Waals surface area contributed by atoms with Crippen molar-refractivity contribution in [1.82, 2.24) is 78.3 Å². The molecule has 2 fully saturated rings. The van der Waals surface area contributed by atoms with Gasteiger partial charge in [-0.1, -0.05) is 104 Å². The zero-order valence-corrected chi connectivity index (χ0v) is 66.3. The summed E-state index contributed by atoms with van der Waals surface area (Å²) in [5, 5.41) is 51.1. The third-order valence-electron chi connectivity index (χ3n) is 18.0. The van der Waals surface area contributed by atoms with Gasteiger partial charge in [0.05, 0.1) is 30.9 Å². The smallest absolute Gasteiger partial charge is 0.303 e. The van der Waals surface area contributed by atoms with Crippen molar-refractivity contribution in [2.45, 2.75) is 147 Å². The van der Waals surface area contributed by atoms with Crippen LogP contribution >= 0.6 is 21.6 Å². The molecule has 2 aliphatic rings. The van der Waals surface area contributed by atoms with Gasteiger partial charge in [0.25, 0.3) is 0 Å². The molecule has 5 aromatic rings. The number of nitrogens with zero attached hydrogens (tertiary/aromatic N) is 2. The van der Waals surface area contributed by atoms with E-state index in [1.807, 2.05) is 25.1 Å². The second-order valence-electron chi connectivity index (χ2n) is 26.5. The number of H-pyrrole nitrogens is 2. The van der Waals surface area contributed by atoms with Gasteiger partial charge in [0.15, 0.2) is 5.78 Å². The van der Waals surface area contributed by atoms with Crippen molar-refractivity contribution in [3.8, 4) is 5.75 Å². The number of Topliss-reactive ketones (excluding diaryl/α,β-unsaturated/α-hetero) is 1. The van der Waals surface area contributed by atoms with E-state index in [0.717, 1.165) is 32.5 Å². The average molecular weight is 1810 g/mol. The van der Waals surface area contributed by atoms with Gasteiger partial charge in [0, 0.05) is 184 Å². The van der Waals surface area contributed by atoms with Crippen molar-refractivity contribution in [3.63, 3.8) is 0 Å². The van der Waals surface area contributed by atoms with Gasteiger partial charge in [-0.3, -0.25) is 62.4 Å². The number of phenolic OH excluding ortho intramolecular Hbond substituents is 1. The molecule has 584 valence electrons. The number of hydrogen-bond acceptors (Lipinski definition) is 18. The fourth-order valence-electron chi connectivity index (χ4n) is 12.3. The molecule has 107 heavy (non-hydrogen) atoms. The molecule has 0 saturated carbocycles. The number of aromatic amines is 2. The number of amides is 12. The Hall–Kier alpha value is -7.63. The SMILES string of the molecule is [CH2-]C(=O)NCCN(CCNC([CH2-])=O)CC(=O)N[C@@H](Cc1c[nH]c2ccccc12)C(=O)N[C@@H](CCC(=O)O)C(=O)N[C@H]1CSSC[C@@H](C(=O)N[C@@H](Cc2c[nH]c3ccccc23)C(=O)N[C@H](C(C)=O)C(C)CC)NC(=O)[C@H](CC(C)C)NC(=O)CNC(=O)[C@H](Cc2ccc(O)cc2)NC(=O)[C@@H]2CCCN2C1=O.[Gd].[Gd]. The topological polar surface area (TPSA) is 450 Å². The summed E-state index contributed by atoms with van der Waals surface area (Å²) < 4.78 is 0. The Morgan fingerprint density at radius 1 is 0.682 bits per heavy atom. The van der Waals surface area contributed by atoms with Crippen molar-refractivity contribution < 1.29 is 157 Å². The molecule has 7 rings (SSSR count). The van der Waals surface area contributed by atoms with Crippen LogP contribution in [0.1, 0.15) is 89.8 Å². The van der Waals surface area contributed by atoms with E-state index in [4.69, 9.17) is 0 Å². The number of nitrogens with one attached hydrogen (secondary N) is 13. The van der Waals surface area contributed by atoms with E-state index in [1.165, 1.54) is 36.1 Å². The molecule has 0 spiro atoms. The van der Waals surface area contributed by atoms with Gasteiger partial charge >= 0.3 is 5.97 Å². The number of phenols is 1. The minimum Gasteiger partial charge on any atom is -0.508 e. The van der Waals surface area contributed by atoms with Crippen LogP contribution in [-0.4, -0.2) is 224 Å². The largest absolute Gasteiger partial charge is 0.508 e. The predicted octanol–water partition coefficient (Wildman–Crippen LogP) is 0.512. The first kappa shape index (κ1) is 90.0. The maximum absolute atomic E-state index is 15.4. The number of fused-ring (bicyclic) bond motifs is 3. The van der Waals surface area contributed by atoms with Crippen LogP contribution in [0, 0.1) is 106 Å². The van der Waals surface area contributed by atoms with Gasteiger partial charge in [-0.15, -0.1) is 0 Å². The predicted molar refractivity (Wildman–Crippen MR) is 394 cm³/mol. The van der Waals surface area contributed by atoms with E-state index < -0.39 is 151 Å². The molecule has 31 nitrogen and oxygen atoms in total. The third kappa shape index (κ3) is 28.4. The van der Waals surface area contributed by atoms with E-state index in [9.17, 15) is 63.0 Å². The molecule has 15 N–H and O–H groups in total. The number of aromatic nitrogens is 2. The zero-order valence-electron chi connectivity index (χ0n) is 60.1. The number of aliphatic carboxylic acids is 1. The minimum atomic E-state index is -1.73. The molecular formula is C72H95Gd2N15O16S2-2. The number of ketones is 1. The van der Waals surface area contributed by atoms with Gasteiger partial charge in [-0.25, -0.2) is 0 Å². The van der Waals surface area contributed by atoms with E-state index in [2.05, 4.69) is 82.3 Å². The average Bonchev–Trinajstić information content (AvgIpc) is 1.72. The number of carbonyl (C=O) groups excluding carboxylic acids is 13. The normalized spacial score (nSPS) is 18.9. The molecule has 3 aromatic carbocycles. The van der Waals surface area contributed by atoms with Gasteiger partial charge in [0.1, 0.15) is 54.1 Å². The Morgan fingerprint density at radius 3 is 1.83 bits per heavy atom. The summed E-state index contributed by atoms with van der Waals surface area (Å²) in [5.74, 6) is -12.7. The van der Waals surface area contributed by atoms with Crippen LogP contribution in [-0.2, 0) is 86.4 Å². The van der Waals surface area contributed by atoms with Crippen LogP contribution in [0.3, 0.4) is 0 Å². The number of hydrogen-bond donors (Lipinski definition) is 15. The number of benzene rings is 3. The van der Waals surface area contributed by atoms with E-state index >= 15 is 14.4 Å². The fourth-order valence-corrected chi connectivity index (χ4v) is 14.6. The van der Waals surface area contributed by atoms with E-state index in [0.29, 0.717) is 34.0 Å². The fraction of sp³-hybridized carbons (Fsp3) is 0.472. The van der Waals surface area contributed by atoms with Gasteiger partial charge < -0.3 is 107 Å². The second kappa shape index (κ2) is 44.7. The van der Waals surface area contributed by atoms with Crippen molar-refractivity contribution >= 4 is 126 Å². The molecule has 10 atom stereocenters. The summed E-state index contributed by atoms with van der Waals surface area (Å²) in [6.07, 6.45) is 2.44. The van der Waals surface area contributed by atoms with Gasteiger partial charge in [0.2, 0.25) is 59.1 Å². The third-order valence-corrected chi connectivity index (χ3v) is 20.4. The van der Waals surface area contributed by atoms with Crippen LogP contribution in [0.2, 0.25) is 0 Å². The molecule has 2 saturated heterocycles. The molecule has 0 aliphatic carbocycles. The summed E-state index contributed by atoms with van der Waals surface area (Å²) in [5.41, 5.74) is 3.07. The standard InChI is InChI=1S/C72H95N15O16S2.2Gd/c1-8-41(4)64(42(5)88)85-69(100)57(33-47-35-76-52-17-12-10-15-50(47)52)81-70(101)58-38-104-105-39-59(72(103)87-27-13-18-60(87)71(102)82-55(31-45-19-21-48(91)22-20-45)65(96)77-36-61(92)78-54(30-40(2)3)67(98)83-58)84-66(97)53(23-24-63(94)95)80-68(99)56(32-46-34-75-51-16-11-9-14-49(46)51)79-62(93)37-86(28-25-73-43(6)89)29-26-74-44(7)90;;/h9-12,14-17,19-22,34-35,40-41,53-60,64,75-76,91H,6-8,13,18,23-33,36-39H2,1-5H3,(H,73,89)(H,74,90)(H,77,96)(H,78,92)(H,79,93)(H,80,99)(H,81,101)(H,82,102)(H,83,98)(H,84,97)(H,85,100)(H,94,95);;/q-2;;/t41?,53-,54-,55-,56-,57-,58-,59-,60-,64-;;/m0../s1. The summed E-state index contributed by atoms with van der Waals surface area (Å²) >= 11 is 0. The first-order valence-corrected chi connectivity index (χ1v) is 37.3. The molecule has 12 amide bonds. The van der Waals surface area contributed by atoms with E-state index in [-0.39, 0.29) is 193 Å². The van der Waals surface area contributed by atoms with Gasteiger partial charge in [-0.2, -0.15) is 0 Å². The maximum atomic E-state index is 15.4. The van der Waals surface area contributed by atoms with Crippen LogP contribution in [0.15, 0.2) is 85.2 Å². The molecule has 0 bridgehead atoms. The monoisotopic (exact) mass is 1810 g/mol. The zero-order chi connectivity index (χ0) is 76.4. The summed E-state index contributed by atoms with van der Waals surface area (Å²) in [4.78, 5) is 205. The van der Waals surface area contributed by atoms with Crippen molar-refractivity contribution in [2.75, 3.05) is 57.3 Å². The summed E-state index contributed by atoms with van der Waals surface area (Å²) in [6, 6.07) is 7.46. The van der Waals surface area contributed by atoms with E-state index in [1.54, 1.807) is 68.4 Å². The second-order valence-corrected chi connectivity index (χ2v) is 29.1. The molecule has 4 heterocycles. The number of carboxylic acid groups (broad SMARTS) is 1. The summed E-state index contributed by atoms with van der Waals surface area (Å²) in [7, 11) is 1.87. The molecule has 2 aromatic heterocycles. The van der Waals surface area contributed by atoms with Crippen molar-refractivity contribution in [2.24, 2.45) is 11.8 Å². The van der Waals surface area contributed by atoms with Crippen LogP contribution in [0.4, 0.5) is 0 Å². The first-order chi connectivity index (χ1) is 50.1. The summed E-state index contributed by atoms with van der Waals surface area (Å²) in [6.45, 7) is 14.3. The Bertz CT molecular complexity index is 3920. The number of para-hydroxylation sites is 2. The number of carboxylic acids is 1. The first-order valence-electron chi connectivity index (χ1n) is 34.8. The number of aromatic hydroxyl groups is 1. The van der Waals surface area contributed by atoms with Gasteiger partial charge in [-0.05, 0) is 85.4 Å². The molecule has 2 aliphatic heterocycles. The minimum absolute atomic E-state index is 0. The van der Waals surface area contributed by atoms with Crippen LogP contribution < -0.4 is 58.5 Å².